The number of likely N-dealkylation sites (tertiary alicyclic amines) is 1. The quantitative estimate of drug-likeness (QED) is 0.622. The number of benzene rings is 1. The number of carbonyl (C=O) groups excluding carboxylic acids is 2. The fourth-order valence-electron chi connectivity index (χ4n) is 3.02. The van der Waals surface area contributed by atoms with Crippen molar-refractivity contribution in [2.45, 2.75) is 18.9 Å². The Labute approximate surface area is 171 Å². The Bertz CT molecular complexity index is 1020. The van der Waals surface area contributed by atoms with E-state index in [-0.39, 0.29) is 28.5 Å². The Balaban J connectivity index is 1.49. The number of aromatic nitrogens is 2. The van der Waals surface area contributed by atoms with Crippen molar-refractivity contribution in [1.82, 2.24) is 15.1 Å². The first kappa shape index (κ1) is 18.8. The summed E-state index contributed by atoms with van der Waals surface area (Å²) < 4.78 is 18.8. The summed E-state index contributed by atoms with van der Waals surface area (Å²) in [6.45, 7) is 0.582. The fourth-order valence-corrected chi connectivity index (χ4v) is 4.21. The molecule has 0 spiro atoms. The molecule has 2 amide bonds. The number of furan rings is 1. The monoisotopic (exact) mass is 464 g/mol. The Morgan fingerprint density at radius 3 is 2.71 bits per heavy atom. The molecule has 0 saturated carbocycles. The highest BCUT2D eigenvalue weighted by molar-refractivity contribution is 9.10. The molecule has 2 aromatic heterocycles. The zero-order chi connectivity index (χ0) is 19.7. The Hall–Kier alpha value is -2.59. The minimum atomic E-state index is -0.429. The van der Waals surface area contributed by atoms with Crippen LogP contribution in [-0.4, -0.2) is 33.5 Å². The molecule has 0 unspecified atom stereocenters. The molecule has 3 aromatic rings. The van der Waals surface area contributed by atoms with E-state index < -0.39 is 5.91 Å². The highest BCUT2D eigenvalue weighted by Gasteiger charge is 2.34. The van der Waals surface area contributed by atoms with Crippen LogP contribution < -0.4 is 5.32 Å². The predicted octanol–water partition coefficient (Wildman–Crippen LogP) is 4.26. The summed E-state index contributed by atoms with van der Waals surface area (Å²) in [5.41, 5.74) is 0.462. The van der Waals surface area contributed by atoms with Gasteiger partial charge in [-0.3, -0.25) is 9.59 Å². The first-order chi connectivity index (χ1) is 13.5. The Kier molecular flexibility index (Phi) is 5.23. The molecule has 0 bridgehead atoms. The number of nitrogens with zero attached hydrogens (tertiary/aromatic N) is 3. The van der Waals surface area contributed by atoms with Gasteiger partial charge in [-0.1, -0.05) is 11.3 Å². The van der Waals surface area contributed by atoms with Gasteiger partial charge in [0, 0.05) is 12.2 Å². The zero-order valence-corrected chi connectivity index (χ0v) is 16.8. The third-order valence-corrected chi connectivity index (χ3v) is 5.77. The molecule has 1 saturated heterocycles. The first-order valence-electron chi connectivity index (χ1n) is 8.48. The van der Waals surface area contributed by atoms with Crippen LogP contribution in [0.5, 0.6) is 0 Å². The van der Waals surface area contributed by atoms with Gasteiger partial charge in [0.2, 0.25) is 5.01 Å². The molecule has 1 fully saturated rings. The van der Waals surface area contributed by atoms with Gasteiger partial charge in [-0.2, -0.15) is 0 Å². The smallest absolute Gasteiger partial charge is 0.290 e. The van der Waals surface area contributed by atoms with Gasteiger partial charge >= 0.3 is 0 Å². The summed E-state index contributed by atoms with van der Waals surface area (Å²) >= 11 is 4.34. The van der Waals surface area contributed by atoms with E-state index in [1.165, 1.54) is 24.3 Å². The molecule has 4 rings (SSSR count). The van der Waals surface area contributed by atoms with Crippen molar-refractivity contribution < 1.29 is 18.4 Å². The van der Waals surface area contributed by atoms with Gasteiger partial charge < -0.3 is 14.6 Å². The molecule has 0 aliphatic carbocycles. The van der Waals surface area contributed by atoms with E-state index in [0.717, 1.165) is 24.2 Å². The first-order valence-corrected chi connectivity index (χ1v) is 10.1. The largest absolute Gasteiger partial charge is 0.444 e. The van der Waals surface area contributed by atoms with E-state index in [0.29, 0.717) is 21.9 Å². The molecule has 3 heterocycles. The van der Waals surface area contributed by atoms with Crippen molar-refractivity contribution in [3.05, 3.63) is 62.7 Å². The SMILES string of the molecule is O=C(Nc1ccc(F)cc1)c1nnc([C@H]2CCCN2C(=O)c2ccc(Br)o2)s1. The van der Waals surface area contributed by atoms with Gasteiger partial charge in [0.05, 0.1) is 6.04 Å². The lowest BCUT2D eigenvalue weighted by Crippen LogP contribution is -2.30. The van der Waals surface area contributed by atoms with E-state index in [9.17, 15) is 14.0 Å². The number of amides is 2. The molecule has 1 atom stereocenters. The second-order valence-electron chi connectivity index (χ2n) is 6.17. The Morgan fingerprint density at radius 1 is 1.21 bits per heavy atom. The van der Waals surface area contributed by atoms with Gasteiger partial charge in [-0.15, -0.1) is 10.2 Å². The molecule has 28 heavy (non-hydrogen) atoms. The normalized spacial score (nSPS) is 16.4. The van der Waals surface area contributed by atoms with E-state index in [2.05, 4.69) is 31.4 Å². The molecule has 1 aromatic carbocycles. The minimum absolute atomic E-state index is 0.180. The van der Waals surface area contributed by atoms with Crippen LogP contribution >= 0.6 is 27.3 Å². The summed E-state index contributed by atoms with van der Waals surface area (Å²) in [7, 11) is 0. The molecule has 10 heteroatoms. The highest BCUT2D eigenvalue weighted by Crippen LogP contribution is 2.35. The second kappa shape index (κ2) is 7.80. The number of halogens is 2. The fraction of sp³-hybridized carbons (Fsp3) is 0.222. The highest BCUT2D eigenvalue weighted by atomic mass is 79.9. The lowest BCUT2D eigenvalue weighted by Gasteiger charge is -2.21. The van der Waals surface area contributed by atoms with Crippen molar-refractivity contribution in [3.8, 4) is 0 Å². The summed E-state index contributed by atoms with van der Waals surface area (Å²) in [5, 5.41) is 11.5. The van der Waals surface area contributed by atoms with Gasteiger partial charge in [-0.05, 0) is 65.2 Å². The summed E-state index contributed by atoms with van der Waals surface area (Å²) in [5.74, 6) is -0.787. The lowest BCUT2D eigenvalue weighted by molar-refractivity contribution is 0.0701. The van der Waals surface area contributed by atoms with Crippen molar-refractivity contribution >= 4 is 44.8 Å². The van der Waals surface area contributed by atoms with Crippen LogP contribution in [-0.2, 0) is 0 Å². The number of anilines is 1. The summed E-state index contributed by atoms with van der Waals surface area (Å²) in [4.78, 5) is 26.8. The van der Waals surface area contributed by atoms with Crippen LogP contribution in [0.4, 0.5) is 10.1 Å². The van der Waals surface area contributed by atoms with Gasteiger partial charge in [0.1, 0.15) is 10.8 Å². The number of hydrogen-bond donors (Lipinski definition) is 1. The van der Waals surface area contributed by atoms with Gasteiger partial charge in [-0.25, -0.2) is 4.39 Å². The third-order valence-electron chi connectivity index (χ3n) is 4.32. The minimum Gasteiger partial charge on any atom is -0.444 e. The van der Waals surface area contributed by atoms with Crippen LogP contribution in [0.3, 0.4) is 0 Å². The van der Waals surface area contributed by atoms with Crippen LogP contribution in [0.2, 0.25) is 0 Å². The molecular formula is C18H14BrFN4O3S. The number of carbonyl (C=O) groups is 2. The summed E-state index contributed by atoms with van der Waals surface area (Å²) in [6, 6.07) is 8.49. The molecule has 0 radical (unpaired) electrons. The standard InChI is InChI=1S/C18H14BrFN4O3S/c19-14-8-7-13(27-14)18(26)24-9-1-2-12(24)16-22-23-17(28-16)15(25)21-11-5-3-10(20)4-6-11/h3-8,12H,1-2,9H2,(H,21,25)/t12-/m1/s1. The maximum absolute atomic E-state index is 13.0. The van der Waals surface area contributed by atoms with Crippen LogP contribution in [0, 0.1) is 5.82 Å². The molecule has 1 N–H and O–H groups in total. The van der Waals surface area contributed by atoms with E-state index in [1.807, 2.05) is 0 Å². The average molecular weight is 465 g/mol. The predicted molar refractivity (Wildman–Crippen MR) is 104 cm³/mol. The topological polar surface area (TPSA) is 88.3 Å². The van der Waals surface area contributed by atoms with Crippen LogP contribution in [0.1, 0.15) is 44.2 Å². The van der Waals surface area contributed by atoms with E-state index in [1.54, 1.807) is 17.0 Å². The Morgan fingerprint density at radius 2 is 2.00 bits per heavy atom. The van der Waals surface area contributed by atoms with Gasteiger partial charge in [0.15, 0.2) is 10.4 Å². The molecule has 1 aliphatic rings. The molecule has 144 valence electrons. The average Bonchev–Trinajstić information content (AvgIpc) is 3.42. The van der Waals surface area contributed by atoms with Crippen LogP contribution in [0.25, 0.3) is 0 Å². The van der Waals surface area contributed by atoms with E-state index in [4.69, 9.17) is 4.42 Å². The summed E-state index contributed by atoms with van der Waals surface area (Å²) in [6.07, 6.45) is 1.57. The number of nitrogens with one attached hydrogen (secondary N) is 1. The maximum atomic E-state index is 13.0. The second-order valence-corrected chi connectivity index (χ2v) is 7.96. The van der Waals surface area contributed by atoms with Crippen molar-refractivity contribution in [3.63, 3.8) is 0 Å². The number of rotatable bonds is 4. The molecule has 7 nitrogen and oxygen atoms in total. The van der Waals surface area contributed by atoms with Crippen LogP contribution in [0.15, 0.2) is 45.5 Å². The zero-order valence-electron chi connectivity index (χ0n) is 14.4. The van der Waals surface area contributed by atoms with Crippen molar-refractivity contribution in [1.29, 1.82) is 0 Å². The molecular weight excluding hydrogens is 451 g/mol. The third kappa shape index (κ3) is 3.83. The van der Waals surface area contributed by atoms with Crippen molar-refractivity contribution in [2.24, 2.45) is 0 Å². The lowest BCUT2D eigenvalue weighted by atomic mass is 10.2. The van der Waals surface area contributed by atoms with Gasteiger partial charge in [0.25, 0.3) is 11.8 Å². The van der Waals surface area contributed by atoms with E-state index >= 15 is 0 Å². The van der Waals surface area contributed by atoms with Crippen molar-refractivity contribution in [2.75, 3.05) is 11.9 Å². The maximum Gasteiger partial charge on any atom is 0.290 e. The molecule has 1 aliphatic heterocycles. The number of hydrogen-bond acceptors (Lipinski definition) is 6.